The van der Waals surface area contributed by atoms with Crippen LogP contribution in [0.4, 0.5) is 32.0 Å². The van der Waals surface area contributed by atoms with Crippen LogP contribution >= 0.6 is 0 Å². The van der Waals surface area contributed by atoms with Gasteiger partial charge in [0.2, 0.25) is 0 Å². The lowest BCUT2D eigenvalue weighted by atomic mass is 10.2. The highest BCUT2D eigenvalue weighted by Gasteiger charge is 2.70. The third-order valence-electron chi connectivity index (χ3n) is 4.07. The highest BCUT2D eigenvalue weighted by Crippen LogP contribution is 2.46. The number of cyclic esters (lactones) is 1. The molecule has 24 heavy (non-hydrogen) atoms. The molecule has 2 aliphatic rings. The fraction of sp³-hybridized carbons (Fsp3) is 0.500. The number of carbonyl (C=O) groups excluding carboxylic acids is 1. The first kappa shape index (κ1) is 16.9. The summed E-state index contributed by atoms with van der Waals surface area (Å²) < 4.78 is 83.7. The van der Waals surface area contributed by atoms with Crippen molar-refractivity contribution in [3.05, 3.63) is 29.8 Å². The van der Waals surface area contributed by atoms with Gasteiger partial charge in [-0.2, -0.15) is 26.3 Å². The smallest absolute Gasteiger partial charge is 0.414 e. The number of nitrogens with one attached hydrogen (secondary N) is 1. The molecular weight excluding hydrogens is 342 g/mol. The van der Waals surface area contributed by atoms with E-state index in [1.807, 2.05) is 5.32 Å². The van der Waals surface area contributed by atoms with E-state index in [4.69, 9.17) is 0 Å². The van der Waals surface area contributed by atoms with Crippen LogP contribution in [0.5, 0.6) is 0 Å². The Labute approximate surface area is 132 Å². The number of fused-ring (bicyclic) bond motifs is 1. The summed E-state index contributed by atoms with van der Waals surface area (Å²) >= 11 is 0. The molecule has 1 N–H and O–H groups in total. The molecule has 0 spiro atoms. The molecule has 0 unspecified atom stereocenters. The number of benzene rings is 1. The Hall–Kier alpha value is -1.97. The topological polar surface area (TPSA) is 41.6 Å². The van der Waals surface area contributed by atoms with Crippen molar-refractivity contribution < 1.29 is 35.9 Å². The number of carbonyl (C=O) groups is 1. The molecule has 4 nitrogen and oxygen atoms in total. The molecule has 2 aliphatic heterocycles. The predicted octanol–water partition coefficient (Wildman–Crippen LogP) is 3.35. The highest BCUT2D eigenvalue weighted by atomic mass is 19.4. The molecule has 10 heteroatoms. The fourth-order valence-corrected chi connectivity index (χ4v) is 3.02. The van der Waals surface area contributed by atoms with Crippen LogP contribution in [0.1, 0.15) is 18.4 Å². The quantitative estimate of drug-likeness (QED) is 0.653. The highest BCUT2D eigenvalue weighted by molar-refractivity contribution is 5.79. The van der Waals surface area contributed by atoms with Gasteiger partial charge >= 0.3 is 24.2 Å². The van der Waals surface area contributed by atoms with E-state index >= 15 is 0 Å². The summed E-state index contributed by atoms with van der Waals surface area (Å²) in [6.07, 6.45) is -9.16. The van der Waals surface area contributed by atoms with Gasteiger partial charge in [-0.05, 0) is 31.0 Å². The normalized spacial score (nSPS) is 27.9. The lowest BCUT2D eigenvalue weighted by molar-refractivity contribution is -0.286. The van der Waals surface area contributed by atoms with Gasteiger partial charge in [-0.25, -0.2) is 4.90 Å². The second-order valence-corrected chi connectivity index (χ2v) is 5.62. The number of rotatable bonds is 2. The van der Waals surface area contributed by atoms with E-state index in [1.165, 1.54) is 0 Å². The van der Waals surface area contributed by atoms with Crippen LogP contribution in [0.25, 0.3) is 0 Å². The fourth-order valence-electron chi connectivity index (χ4n) is 3.02. The Morgan fingerprint density at radius 2 is 1.92 bits per heavy atom. The minimum Gasteiger partial charge on any atom is -0.414 e. The van der Waals surface area contributed by atoms with Crippen LogP contribution in [0.2, 0.25) is 0 Å². The Kier molecular flexibility index (Phi) is 3.70. The number of halogens is 6. The van der Waals surface area contributed by atoms with Crippen molar-refractivity contribution >= 4 is 11.7 Å². The molecule has 0 radical (unpaired) electrons. The Bertz CT molecular complexity index is 659. The van der Waals surface area contributed by atoms with Crippen molar-refractivity contribution in [1.82, 2.24) is 4.90 Å². The van der Waals surface area contributed by atoms with E-state index in [0.717, 1.165) is 23.1 Å². The predicted molar refractivity (Wildman–Crippen MR) is 69.7 cm³/mol. The van der Waals surface area contributed by atoms with Gasteiger partial charge in [0.15, 0.2) is 0 Å². The van der Waals surface area contributed by atoms with Crippen molar-refractivity contribution in [2.24, 2.45) is 0 Å². The molecule has 3 rings (SSSR count). The van der Waals surface area contributed by atoms with Gasteiger partial charge in [0.25, 0.3) is 0 Å². The Morgan fingerprint density at radius 1 is 1.21 bits per heavy atom. The summed E-state index contributed by atoms with van der Waals surface area (Å²) in [6.45, 7) is -0.0537. The van der Waals surface area contributed by atoms with Gasteiger partial charge in [0.1, 0.15) is 6.04 Å². The molecule has 0 saturated carbocycles. The molecular formula is C14H12F6N2O2. The summed E-state index contributed by atoms with van der Waals surface area (Å²) in [6, 6.07) is 2.27. The van der Waals surface area contributed by atoms with Crippen LogP contribution < -0.4 is 5.32 Å². The first-order valence-electron chi connectivity index (χ1n) is 7.06. The van der Waals surface area contributed by atoms with Crippen molar-refractivity contribution in [3.63, 3.8) is 0 Å². The molecule has 0 aromatic heterocycles. The molecule has 2 heterocycles. The van der Waals surface area contributed by atoms with Crippen LogP contribution in [0.15, 0.2) is 24.3 Å². The number of anilines is 1. The second-order valence-electron chi connectivity index (χ2n) is 5.62. The molecule has 1 aromatic carbocycles. The summed E-state index contributed by atoms with van der Waals surface area (Å²) in [5, 5.41) is 1.97. The third kappa shape index (κ3) is 2.58. The first-order chi connectivity index (χ1) is 11.0. The van der Waals surface area contributed by atoms with Crippen LogP contribution in [-0.2, 0) is 15.7 Å². The van der Waals surface area contributed by atoms with Crippen LogP contribution in [0, 0.1) is 0 Å². The van der Waals surface area contributed by atoms with Crippen LogP contribution in [-0.4, -0.2) is 35.5 Å². The van der Waals surface area contributed by atoms with Gasteiger partial charge in [0.05, 0.1) is 5.56 Å². The molecule has 132 valence electrons. The lowest BCUT2D eigenvalue weighted by Crippen LogP contribution is -2.62. The van der Waals surface area contributed by atoms with E-state index < -0.39 is 41.5 Å². The Balaban J connectivity index is 2.00. The number of nitrogens with zero attached hydrogens (tertiary/aromatic N) is 1. The largest absolute Gasteiger partial charge is 0.465 e. The molecule has 2 atom stereocenters. The number of ether oxygens (including phenoxy) is 1. The number of hydrogen-bond donors (Lipinski definition) is 1. The zero-order valence-electron chi connectivity index (χ0n) is 12.0. The zero-order valence-corrected chi connectivity index (χ0v) is 12.0. The maximum Gasteiger partial charge on any atom is 0.465 e. The standard InChI is InChI=1S/C14H12F6N2O2/c15-12(16,17)8-3-1-4-9(7-8)21-14(13(18,19)20)22-6-2-5-10(22)11(23)24-14/h1,3-4,7,10,21H,2,5-6H2/t10-,14+/m1/s1. The maximum absolute atomic E-state index is 13.6. The van der Waals surface area contributed by atoms with E-state index in [0.29, 0.717) is 12.5 Å². The summed E-state index contributed by atoms with van der Waals surface area (Å²) in [5.74, 6) is -4.19. The van der Waals surface area contributed by atoms with Gasteiger partial charge in [-0.1, -0.05) is 6.07 Å². The van der Waals surface area contributed by atoms with Crippen molar-refractivity contribution in [2.45, 2.75) is 37.1 Å². The van der Waals surface area contributed by atoms with E-state index in [2.05, 4.69) is 4.74 Å². The first-order valence-corrected chi connectivity index (χ1v) is 7.06. The summed E-state index contributed by atoms with van der Waals surface area (Å²) in [7, 11) is 0. The van der Waals surface area contributed by atoms with Crippen LogP contribution in [0.3, 0.4) is 0 Å². The molecule has 2 fully saturated rings. The maximum atomic E-state index is 13.6. The van der Waals surface area contributed by atoms with E-state index in [9.17, 15) is 31.1 Å². The molecule has 1 aromatic rings. The van der Waals surface area contributed by atoms with E-state index in [1.54, 1.807) is 0 Å². The lowest BCUT2D eigenvalue weighted by Gasteiger charge is -2.37. The molecule has 0 amide bonds. The minimum absolute atomic E-state index is 0.0537. The number of alkyl halides is 6. The van der Waals surface area contributed by atoms with Crippen molar-refractivity contribution in [2.75, 3.05) is 11.9 Å². The molecule has 2 saturated heterocycles. The van der Waals surface area contributed by atoms with Crippen molar-refractivity contribution in [3.8, 4) is 0 Å². The monoisotopic (exact) mass is 354 g/mol. The third-order valence-corrected chi connectivity index (χ3v) is 4.07. The van der Waals surface area contributed by atoms with Gasteiger partial charge in [-0.3, -0.25) is 4.79 Å². The second kappa shape index (κ2) is 5.27. The molecule has 0 bridgehead atoms. The van der Waals surface area contributed by atoms with E-state index in [-0.39, 0.29) is 13.0 Å². The molecule has 0 aliphatic carbocycles. The Morgan fingerprint density at radius 3 is 2.54 bits per heavy atom. The van der Waals surface area contributed by atoms with Gasteiger partial charge in [-0.15, -0.1) is 0 Å². The SMILES string of the molecule is O=C1O[C@](Nc2cccc(C(F)(F)F)c2)(C(F)(F)F)N2CCC[C@H]12. The number of esters is 1. The number of hydrogen-bond acceptors (Lipinski definition) is 4. The minimum atomic E-state index is -5.03. The average molecular weight is 354 g/mol. The average Bonchev–Trinajstić information content (AvgIpc) is 3.02. The summed E-state index contributed by atoms with van der Waals surface area (Å²) in [5.41, 5.74) is -1.55. The van der Waals surface area contributed by atoms with Gasteiger partial charge < -0.3 is 10.1 Å². The van der Waals surface area contributed by atoms with Crippen molar-refractivity contribution in [1.29, 1.82) is 0 Å². The van der Waals surface area contributed by atoms with Gasteiger partial charge in [0, 0.05) is 12.2 Å². The zero-order chi connectivity index (χ0) is 17.8. The summed E-state index contributed by atoms with van der Waals surface area (Å²) in [4.78, 5) is 12.6.